The number of rotatable bonds is 5. The highest BCUT2D eigenvalue weighted by molar-refractivity contribution is 5.90. The molecule has 0 fully saturated rings. The Kier molecular flexibility index (Phi) is 5.19. The van der Waals surface area contributed by atoms with Crippen LogP contribution in [-0.4, -0.2) is 15.9 Å². The zero-order chi connectivity index (χ0) is 17.6. The average Bonchev–Trinajstić information content (AvgIpc) is 2.68. The summed E-state index contributed by atoms with van der Waals surface area (Å²) in [6.07, 6.45) is 3.98. The normalized spacial score (nSPS) is 11.8. The van der Waals surface area contributed by atoms with Crippen LogP contribution in [0.15, 0.2) is 67.0 Å². The number of ether oxygens (including phenoxy) is 1. The number of hydrogen-bond donors (Lipinski definition) is 0. The molecular formula is C21H20N2O2. The molecule has 1 atom stereocenters. The van der Waals surface area contributed by atoms with Crippen molar-refractivity contribution >= 4 is 5.97 Å². The third-order valence-electron chi connectivity index (χ3n) is 4.18. The molecule has 0 N–H and O–H groups in total. The van der Waals surface area contributed by atoms with Gasteiger partial charge in [0, 0.05) is 18.0 Å². The van der Waals surface area contributed by atoms with E-state index in [0.717, 1.165) is 17.5 Å². The first kappa shape index (κ1) is 16.8. The summed E-state index contributed by atoms with van der Waals surface area (Å²) >= 11 is 0. The lowest BCUT2D eigenvalue weighted by molar-refractivity contribution is 0.0731. The molecule has 0 spiro atoms. The van der Waals surface area contributed by atoms with Gasteiger partial charge in [0.05, 0.1) is 5.56 Å². The smallest absolute Gasteiger partial charge is 0.346 e. The van der Waals surface area contributed by atoms with E-state index in [4.69, 9.17) is 4.74 Å². The maximum Gasteiger partial charge on any atom is 0.346 e. The molecule has 4 heteroatoms. The Balaban J connectivity index is 1.78. The van der Waals surface area contributed by atoms with E-state index in [9.17, 15) is 4.79 Å². The van der Waals surface area contributed by atoms with Crippen molar-refractivity contribution in [3.05, 3.63) is 78.1 Å². The SMILES string of the molecule is CCC(C)c1ccccc1OC(=O)c1cnc(-c2ccccc2)nc1. The van der Waals surface area contributed by atoms with Crippen LogP contribution in [0.4, 0.5) is 0 Å². The van der Waals surface area contributed by atoms with Gasteiger partial charge in [0.15, 0.2) is 5.82 Å². The average molecular weight is 332 g/mol. The largest absolute Gasteiger partial charge is 0.423 e. The number of carbonyl (C=O) groups excluding carboxylic acids is 1. The molecule has 0 aliphatic heterocycles. The van der Waals surface area contributed by atoms with Crippen LogP contribution >= 0.6 is 0 Å². The standard InChI is InChI=1S/C21H20N2O2/c1-3-15(2)18-11-7-8-12-19(18)25-21(24)17-13-22-20(23-14-17)16-9-5-4-6-10-16/h4-15H,3H2,1-2H3. The Morgan fingerprint density at radius 2 is 1.64 bits per heavy atom. The van der Waals surface area contributed by atoms with Crippen molar-refractivity contribution < 1.29 is 9.53 Å². The van der Waals surface area contributed by atoms with E-state index in [0.29, 0.717) is 23.1 Å². The fourth-order valence-corrected chi connectivity index (χ4v) is 2.53. The third kappa shape index (κ3) is 3.91. The maximum atomic E-state index is 12.4. The zero-order valence-corrected chi connectivity index (χ0v) is 14.3. The number of carbonyl (C=O) groups is 1. The second-order valence-electron chi connectivity index (χ2n) is 5.90. The van der Waals surface area contributed by atoms with Crippen molar-refractivity contribution in [1.82, 2.24) is 9.97 Å². The Labute approximate surface area is 147 Å². The molecule has 0 aliphatic carbocycles. The lowest BCUT2D eigenvalue weighted by Crippen LogP contribution is -2.11. The number of aromatic nitrogens is 2. The van der Waals surface area contributed by atoms with Crippen LogP contribution < -0.4 is 4.74 Å². The molecule has 1 unspecified atom stereocenters. The molecule has 0 aliphatic rings. The number of para-hydroxylation sites is 1. The fourth-order valence-electron chi connectivity index (χ4n) is 2.53. The third-order valence-corrected chi connectivity index (χ3v) is 4.18. The molecule has 0 saturated heterocycles. The van der Waals surface area contributed by atoms with Crippen LogP contribution in [0.25, 0.3) is 11.4 Å². The van der Waals surface area contributed by atoms with E-state index in [1.165, 1.54) is 12.4 Å². The fraction of sp³-hybridized carbons (Fsp3) is 0.190. The first-order chi connectivity index (χ1) is 12.2. The van der Waals surface area contributed by atoms with E-state index in [1.54, 1.807) is 0 Å². The molecule has 3 rings (SSSR count). The second-order valence-corrected chi connectivity index (χ2v) is 5.90. The van der Waals surface area contributed by atoms with Gasteiger partial charge in [-0.15, -0.1) is 0 Å². The quantitative estimate of drug-likeness (QED) is 0.494. The van der Waals surface area contributed by atoms with Gasteiger partial charge in [-0.1, -0.05) is 62.4 Å². The molecule has 25 heavy (non-hydrogen) atoms. The molecular weight excluding hydrogens is 312 g/mol. The highest BCUT2D eigenvalue weighted by Gasteiger charge is 2.15. The number of nitrogens with zero attached hydrogens (tertiary/aromatic N) is 2. The van der Waals surface area contributed by atoms with Crippen LogP contribution in [0.5, 0.6) is 5.75 Å². The van der Waals surface area contributed by atoms with E-state index < -0.39 is 5.97 Å². The van der Waals surface area contributed by atoms with Gasteiger partial charge in [-0.2, -0.15) is 0 Å². The van der Waals surface area contributed by atoms with Crippen LogP contribution in [0, 0.1) is 0 Å². The Morgan fingerprint density at radius 3 is 2.32 bits per heavy atom. The lowest BCUT2D eigenvalue weighted by atomic mass is 9.98. The minimum atomic E-state index is -0.449. The van der Waals surface area contributed by atoms with Gasteiger partial charge in [-0.25, -0.2) is 14.8 Å². The molecule has 2 aromatic carbocycles. The molecule has 4 nitrogen and oxygen atoms in total. The van der Waals surface area contributed by atoms with Gasteiger partial charge in [0.25, 0.3) is 0 Å². The number of hydrogen-bond acceptors (Lipinski definition) is 4. The summed E-state index contributed by atoms with van der Waals surface area (Å²) in [7, 11) is 0. The second kappa shape index (κ2) is 7.71. The summed E-state index contributed by atoms with van der Waals surface area (Å²) < 4.78 is 5.58. The van der Waals surface area contributed by atoms with E-state index in [2.05, 4.69) is 23.8 Å². The molecule has 126 valence electrons. The van der Waals surface area contributed by atoms with Crippen LogP contribution in [0.1, 0.15) is 42.1 Å². The predicted octanol–water partition coefficient (Wildman–Crippen LogP) is 4.88. The van der Waals surface area contributed by atoms with Crippen LogP contribution in [0.3, 0.4) is 0 Å². The van der Waals surface area contributed by atoms with Crippen molar-refractivity contribution in [3.63, 3.8) is 0 Å². The minimum absolute atomic E-state index is 0.320. The summed E-state index contributed by atoms with van der Waals surface area (Å²) in [5, 5.41) is 0. The Bertz CT molecular complexity index is 845. The highest BCUT2D eigenvalue weighted by atomic mass is 16.5. The lowest BCUT2D eigenvalue weighted by Gasteiger charge is -2.14. The molecule has 0 saturated carbocycles. The molecule has 0 amide bonds. The Hall–Kier alpha value is -3.01. The van der Waals surface area contributed by atoms with E-state index >= 15 is 0 Å². The van der Waals surface area contributed by atoms with Crippen molar-refractivity contribution in [3.8, 4) is 17.1 Å². The summed E-state index contributed by atoms with van der Waals surface area (Å²) in [5.74, 6) is 1.04. The van der Waals surface area contributed by atoms with Gasteiger partial charge >= 0.3 is 5.97 Å². The van der Waals surface area contributed by atoms with Crippen LogP contribution in [-0.2, 0) is 0 Å². The predicted molar refractivity (Wildman–Crippen MR) is 97.6 cm³/mol. The molecule has 1 aromatic heterocycles. The summed E-state index contributed by atoms with van der Waals surface area (Å²) in [5.41, 5.74) is 2.27. The maximum absolute atomic E-state index is 12.4. The van der Waals surface area contributed by atoms with Crippen molar-refractivity contribution in [2.45, 2.75) is 26.2 Å². The first-order valence-electron chi connectivity index (χ1n) is 8.37. The highest BCUT2D eigenvalue weighted by Crippen LogP contribution is 2.29. The zero-order valence-electron chi connectivity index (χ0n) is 14.3. The topological polar surface area (TPSA) is 52.1 Å². The molecule has 1 heterocycles. The Morgan fingerprint density at radius 1 is 1.00 bits per heavy atom. The molecule has 0 radical (unpaired) electrons. The molecule has 0 bridgehead atoms. The number of benzene rings is 2. The molecule has 3 aromatic rings. The van der Waals surface area contributed by atoms with Gasteiger partial charge in [-0.3, -0.25) is 0 Å². The van der Waals surface area contributed by atoms with Crippen molar-refractivity contribution in [1.29, 1.82) is 0 Å². The van der Waals surface area contributed by atoms with E-state index in [1.807, 2.05) is 54.6 Å². The van der Waals surface area contributed by atoms with Crippen molar-refractivity contribution in [2.75, 3.05) is 0 Å². The first-order valence-corrected chi connectivity index (χ1v) is 8.37. The monoisotopic (exact) mass is 332 g/mol. The van der Waals surface area contributed by atoms with Gasteiger partial charge in [-0.05, 0) is 24.0 Å². The summed E-state index contributed by atoms with van der Waals surface area (Å²) in [6.45, 7) is 4.23. The minimum Gasteiger partial charge on any atom is -0.423 e. The number of esters is 1. The summed E-state index contributed by atoms with van der Waals surface area (Å²) in [4.78, 5) is 21.0. The van der Waals surface area contributed by atoms with Gasteiger partial charge < -0.3 is 4.74 Å². The van der Waals surface area contributed by atoms with Gasteiger partial charge in [0.2, 0.25) is 0 Å². The van der Waals surface area contributed by atoms with E-state index in [-0.39, 0.29) is 0 Å². The van der Waals surface area contributed by atoms with Gasteiger partial charge in [0.1, 0.15) is 5.75 Å². The van der Waals surface area contributed by atoms with Crippen LogP contribution in [0.2, 0.25) is 0 Å². The van der Waals surface area contributed by atoms with Crippen molar-refractivity contribution in [2.24, 2.45) is 0 Å². The summed E-state index contributed by atoms with van der Waals surface area (Å²) in [6, 6.07) is 17.3.